The predicted octanol–water partition coefficient (Wildman–Crippen LogP) is 4.78. The number of nitrogens with one attached hydrogen (secondary N) is 1. The number of benzene rings is 2. The Morgan fingerprint density at radius 3 is 2.85 bits per heavy atom. The van der Waals surface area contributed by atoms with E-state index in [0.29, 0.717) is 24.2 Å². The molecule has 0 bridgehead atoms. The van der Waals surface area contributed by atoms with Crippen molar-refractivity contribution in [3.8, 4) is 11.5 Å². The number of ether oxygens (including phenoxy) is 2. The summed E-state index contributed by atoms with van der Waals surface area (Å²) in [6.07, 6.45) is 7.95. The molecular formula is C23H25NO3. The Kier molecular flexibility index (Phi) is 4.29. The fourth-order valence-corrected chi connectivity index (χ4v) is 4.73. The third-order valence-corrected chi connectivity index (χ3v) is 6.08. The summed E-state index contributed by atoms with van der Waals surface area (Å²) in [7, 11) is 0. The molecule has 4 atom stereocenters. The Morgan fingerprint density at radius 1 is 1.11 bits per heavy atom. The van der Waals surface area contributed by atoms with E-state index in [1.165, 1.54) is 5.56 Å². The van der Waals surface area contributed by atoms with Crippen LogP contribution in [0.25, 0.3) is 0 Å². The molecular weight excluding hydrogens is 338 g/mol. The number of aromatic hydroxyl groups is 1. The van der Waals surface area contributed by atoms with E-state index in [9.17, 15) is 5.11 Å². The molecule has 0 radical (unpaired) electrons. The van der Waals surface area contributed by atoms with E-state index in [0.717, 1.165) is 42.9 Å². The average Bonchev–Trinajstić information content (AvgIpc) is 3.38. The van der Waals surface area contributed by atoms with E-state index in [1.54, 1.807) is 6.07 Å². The average molecular weight is 363 g/mol. The lowest BCUT2D eigenvalue weighted by Crippen LogP contribution is -2.29. The molecule has 1 saturated heterocycles. The monoisotopic (exact) mass is 363 g/mol. The molecule has 2 aromatic rings. The summed E-state index contributed by atoms with van der Waals surface area (Å²) in [4.78, 5) is 0. The quantitative estimate of drug-likeness (QED) is 0.768. The first-order chi connectivity index (χ1) is 13.3. The molecule has 4 unspecified atom stereocenters. The van der Waals surface area contributed by atoms with Gasteiger partial charge in [0.1, 0.15) is 18.1 Å². The summed E-state index contributed by atoms with van der Waals surface area (Å²) in [5, 5.41) is 14.1. The van der Waals surface area contributed by atoms with Gasteiger partial charge in [-0.25, -0.2) is 0 Å². The summed E-state index contributed by atoms with van der Waals surface area (Å²) in [6.45, 7) is 1.42. The number of allylic oxidation sites excluding steroid dienone is 2. The molecule has 2 N–H and O–H groups in total. The molecule has 5 rings (SSSR count). The van der Waals surface area contributed by atoms with Crippen molar-refractivity contribution in [2.75, 3.05) is 18.5 Å². The van der Waals surface area contributed by atoms with Gasteiger partial charge < -0.3 is 19.9 Å². The second kappa shape index (κ2) is 6.93. The highest BCUT2D eigenvalue weighted by Crippen LogP contribution is 2.53. The lowest BCUT2D eigenvalue weighted by molar-refractivity contribution is 0.0681. The zero-order valence-corrected chi connectivity index (χ0v) is 15.3. The molecule has 0 saturated carbocycles. The first kappa shape index (κ1) is 16.7. The Bertz CT molecular complexity index is 856. The minimum absolute atomic E-state index is 0.0613. The third kappa shape index (κ3) is 2.98. The molecule has 2 heterocycles. The van der Waals surface area contributed by atoms with Crippen LogP contribution in [0.2, 0.25) is 0 Å². The van der Waals surface area contributed by atoms with Crippen LogP contribution in [0.15, 0.2) is 54.6 Å². The molecule has 4 nitrogen and oxygen atoms in total. The first-order valence-corrected chi connectivity index (χ1v) is 9.89. The van der Waals surface area contributed by atoms with Crippen LogP contribution in [0.5, 0.6) is 11.5 Å². The second-order valence-corrected chi connectivity index (χ2v) is 7.70. The smallest absolute Gasteiger partial charge is 0.142 e. The summed E-state index contributed by atoms with van der Waals surface area (Å²) in [6, 6.07) is 14.0. The van der Waals surface area contributed by atoms with E-state index in [2.05, 4.69) is 29.6 Å². The maximum atomic E-state index is 10.4. The van der Waals surface area contributed by atoms with Gasteiger partial charge in [-0.15, -0.1) is 0 Å². The molecule has 0 amide bonds. The molecule has 0 aromatic heterocycles. The number of phenols is 1. The van der Waals surface area contributed by atoms with Gasteiger partial charge in [-0.1, -0.05) is 42.5 Å². The largest absolute Gasteiger partial charge is 0.508 e. The molecule has 1 aliphatic carbocycles. The lowest BCUT2D eigenvalue weighted by atomic mass is 9.76. The van der Waals surface area contributed by atoms with Crippen LogP contribution in [-0.4, -0.2) is 24.4 Å². The van der Waals surface area contributed by atoms with Gasteiger partial charge in [-0.05, 0) is 42.9 Å². The highest BCUT2D eigenvalue weighted by atomic mass is 16.5. The van der Waals surface area contributed by atoms with Gasteiger partial charge >= 0.3 is 0 Å². The van der Waals surface area contributed by atoms with Crippen molar-refractivity contribution in [3.63, 3.8) is 0 Å². The number of hydrogen-bond donors (Lipinski definition) is 2. The maximum Gasteiger partial charge on any atom is 0.142 e. The van der Waals surface area contributed by atoms with Crippen molar-refractivity contribution in [2.45, 2.75) is 37.3 Å². The van der Waals surface area contributed by atoms with Gasteiger partial charge in [-0.2, -0.15) is 0 Å². The van der Waals surface area contributed by atoms with E-state index < -0.39 is 0 Å². The number of hydrogen-bond acceptors (Lipinski definition) is 4. The van der Waals surface area contributed by atoms with E-state index in [4.69, 9.17) is 9.47 Å². The molecule has 3 aliphatic rings. The highest BCUT2D eigenvalue weighted by Gasteiger charge is 2.39. The Hall–Kier alpha value is -2.46. The summed E-state index contributed by atoms with van der Waals surface area (Å²) in [5.74, 6) is 1.97. The van der Waals surface area contributed by atoms with Crippen LogP contribution >= 0.6 is 0 Å². The van der Waals surface area contributed by atoms with E-state index in [1.807, 2.05) is 24.3 Å². The topological polar surface area (TPSA) is 50.7 Å². The van der Waals surface area contributed by atoms with Crippen LogP contribution in [0.1, 0.15) is 42.3 Å². The first-order valence-electron chi connectivity index (χ1n) is 9.89. The zero-order valence-electron chi connectivity index (χ0n) is 15.3. The standard InChI is InChI=1S/C23H25NO3/c25-20-11-2-1-7-19(20)22-17-9-3-8-16(17)18-10-4-12-21(23(18)24-22)27-14-15-6-5-13-26-15/h1-4,7-8,10-12,15-17,22,24-25H,5-6,9,13-14H2. The Morgan fingerprint density at radius 2 is 2.00 bits per heavy atom. The maximum absolute atomic E-state index is 10.4. The Balaban J connectivity index is 1.49. The number of fused-ring (bicyclic) bond motifs is 3. The fraction of sp³-hybridized carbons (Fsp3) is 0.391. The van der Waals surface area contributed by atoms with Crippen LogP contribution < -0.4 is 10.1 Å². The highest BCUT2D eigenvalue weighted by molar-refractivity contribution is 5.68. The van der Waals surface area contributed by atoms with Crippen molar-refractivity contribution in [2.24, 2.45) is 5.92 Å². The molecule has 1 fully saturated rings. The number of para-hydroxylation sites is 2. The summed E-state index contributed by atoms with van der Waals surface area (Å²) in [5.41, 5.74) is 3.29. The number of phenolic OH excluding ortho intramolecular Hbond substituents is 1. The molecule has 2 aliphatic heterocycles. The van der Waals surface area contributed by atoms with Gasteiger partial charge in [0.05, 0.1) is 17.8 Å². The van der Waals surface area contributed by atoms with Crippen molar-refractivity contribution in [3.05, 3.63) is 65.7 Å². The molecule has 4 heteroatoms. The van der Waals surface area contributed by atoms with Crippen molar-refractivity contribution < 1.29 is 14.6 Å². The molecule has 2 aromatic carbocycles. The summed E-state index contributed by atoms with van der Waals surface area (Å²) >= 11 is 0. The molecule has 140 valence electrons. The van der Waals surface area contributed by atoms with Crippen LogP contribution in [-0.2, 0) is 4.74 Å². The van der Waals surface area contributed by atoms with Crippen LogP contribution in [0.4, 0.5) is 5.69 Å². The number of anilines is 1. The molecule has 27 heavy (non-hydrogen) atoms. The second-order valence-electron chi connectivity index (χ2n) is 7.70. The Labute approximate surface area is 159 Å². The SMILES string of the molecule is Oc1ccccc1C1Nc2c(OCC3CCCO3)cccc2C2C=CCC21. The van der Waals surface area contributed by atoms with E-state index in [-0.39, 0.29) is 12.1 Å². The zero-order chi connectivity index (χ0) is 18.2. The predicted molar refractivity (Wildman–Crippen MR) is 105 cm³/mol. The van der Waals surface area contributed by atoms with Gasteiger partial charge in [-0.3, -0.25) is 0 Å². The third-order valence-electron chi connectivity index (χ3n) is 6.08. The van der Waals surface area contributed by atoms with Gasteiger partial charge in [0.2, 0.25) is 0 Å². The van der Waals surface area contributed by atoms with Gasteiger partial charge in [0.25, 0.3) is 0 Å². The summed E-state index contributed by atoms with van der Waals surface area (Å²) < 4.78 is 11.9. The normalized spacial score (nSPS) is 28.4. The van der Waals surface area contributed by atoms with Crippen LogP contribution in [0, 0.1) is 5.92 Å². The fourth-order valence-electron chi connectivity index (χ4n) is 4.73. The van der Waals surface area contributed by atoms with Gasteiger partial charge in [0.15, 0.2) is 0 Å². The van der Waals surface area contributed by atoms with E-state index >= 15 is 0 Å². The minimum atomic E-state index is 0.0613. The van der Waals surface area contributed by atoms with Gasteiger partial charge in [0, 0.05) is 18.1 Å². The number of rotatable bonds is 4. The molecule has 0 spiro atoms. The lowest BCUT2D eigenvalue weighted by Gasteiger charge is -2.38. The minimum Gasteiger partial charge on any atom is -0.508 e. The van der Waals surface area contributed by atoms with Crippen molar-refractivity contribution >= 4 is 5.69 Å². The van der Waals surface area contributed by atoms with Crippen molar-refractivity contribution in [1.29, 1.82) is 0 Å². The van der Waals surface area contributed by atoms with Crippen LogP contribution in [0.3, 0.4) is 0 Å². The van der Waals surface area contributed by atoms with Crippen molar-refractivity contribution in [1.82, 2.24) is 0 Å².